The van der Waals surface area contributed by atoms with E-state index in [9.17, 15) is 0 Å². The number of aromatic amines is 6. The molecule has 8 N–H and O–H groups in total. The summed E-state index contributed by atoms with van der Waals surface area (Å²) >= 11 is 0. The van der Waals surface area contributed by atoms with Gasteiger partial charge < -0.3 is 35.2 Å². The quantitative estimate of drug-likeness (QED) is 0.0266. The molecule has 10 aromatic rings. The minimum Gasteiger partial charge on any atom is -0.360 e. The first-order valence-electron chi connectivity index (χ1n) is 33.8. The third kappa shape index (κ3) is 19.2. The fraction of sp³-hybridized carbons (Fsp3) is 0.438. The number of aromatic nitrogens is 15. The molecule has 0 spiro atoms. The van der Waals surface area contributed by atoms with Crippen LogP contribution in [0.3, 0.4) is 0 Å². The first-order valence-corrected chi connectivity index (χ1v) is 33.8. The molecule has 1 fully saturated rings. The summed E-state index contributed by atoms with van der Waals surface area (Å²) in [6.45, 7) is 24.2. The summed E-state index contributed by atoms with van der Waals surface area (Å²) in [5, 5.41) is 41.0. The van der Waals surface area contributed by atoms with Crippen LogP contribution in [0, 0.1) is 13.8 Å². The van der Waals surface area contributed by atoms with Gasteiger partial charge in [-0.1, -0.05) is 70.2 Å². The van der Waals surface area contributed by atoms with Crippen molar-refractivity contribution in [2.24, 2.45) is 17.8 Å². The fourth-order valence-corrected chi connectivity index (χ4v) is 12.3. The molecule has 0 amide bonds. The molecule has 504 valence electrons. The normalized spacial score (nSPS) is 12.9. The number of rotatable bonds is 26. The minimum atomic E-state index is 0.598. The number of H-pyrrole nitrogens is 6. The lowest BCUT2D eigenvalue weighted by molar-refractivity contribution is 0.328. The van der Waals surface area contributed by atoms with E-state index in [1.807, 2.05) is 80.5 Å². The molecule has 8 aromatic heterocycles. The number of nitrogens with two attached hydrogens (primary N) is 1. The summed E-state index contributed by atoms with van der Waals surface area (Å²) < 4.78 is 1.92. The van der Waals surface area contributed by atoms with Crippen LogP contribution in [0.15, 0.2) is 109 Å². The number of nitrogens with one attached hydrogen (secondary N) is 6. The number of aliphatic imine (C=N–C) groups is 1. The van der Waals surface area contributed by atoms with E-state index in [0.717, 1.165) is 149 Å². The average molecular weight is 1290 g/mol. The van der Waals surface area contributed by atoms with Crippen LogP contribution in [0.5, 0.6) is 0 Å². The summed E-state index contributed by atoms with van der Waals surface area (Å²) in [5.74, 6) is 1.58. The van der Waals surface area contributed by atoms with E-state index in [1.54, 1.807) is 0 Å². The zero-order valence-corrected chi connectivity index (χ0v) is 58.3. The van der Waals surface area contributed by atoms with E-state index in [2.05, 4.69) is 225 Å². The molecule has 9 heterocycles. The lowest BCUT2D eigenvalue weighted by Gasteiger charge is -2.16. The van der Waals surface area contributed by atoms with Gasteiger partial charge in [-0.25, -0.2) is 9.97 Å². The smallest absolute Gasteiger partial charge is 0.131 e. The van der Waals surface area contributed by atoms with Crippen LogP contribution in [0.1, 0.15) is 139 Å². The Morgan fingerprint density at radius 3 is 1.57 bits per heavy atom. The first kappa shape index (κ1) is 70.5. The molecule has 1 saturated carbocycles. The van der Waals surface area contributed by atoms with Crippen LogP contribution in [0.2, 0.25) is 0 Å². The summed E-state index contributed by atoms with van der Waals surface area (Å²) in [7, 11) is 12.6. The minimum absolute atomic E-state index is 0.598. The highest BCUT2D eigenvalue weighted by atomic mass is 15.3. The molecule has 1 aliphatic heterocycles. The Morgan fingerprint density at radius 1 is 0.547 bits per heavy atom. The zero-order chi connectivity index (χ0) is 67.2. The Labute approximate surface area is 561 Å². The van der Waals surface area contributed by atoms with Gasteiger partial charge in [0.1, 0.15) is 5.82 Å². The number of fused-ring (bicyclic) bond motifs is 2. The summed E-state index contributed by atoms with van der Waals surface area (Å²) in [4.78, 5) is 28.0. The number of nitrogens with zero attached hydrogens (tertiary/aromatic N) is 15. The monoisotopic (exact) mass is 1290 g/mol. The summed E-state index contributed by atoms with van der Waals surface area (Å²) in [6, 6.07) is 17.1. The third-order valence-corrected chi connectivity index (χ3v) is 17.3. The fourth-order valence-electron chi connectivity index (χ4n) is 12.3. The van der Waals surface area contributed by atoms with Crippen LogP contribution in [0.4, 0.5) is 0 Å². The Morgan fingerprint density at radius 2 is 1.05 bits per heavy atom. The topological polar surface area (TPSA) is 257 Å². The molecule has 2 aliphatic carbocycles. The van der Waals surface area contributed by atoms with Crippen molar-refractivity contribution in [2.45, 2.75) is 132 Å². The molecule has 0 atom stereocenters. The number of hydrogen-bond donors (Lipinski definition) is 7. The standard InChI is InChI=1S/2C16H20N4.C15H21N5.C14H23N5.C12H18N4/c1-20(8-7-17)11-15-10-18-19-16(15)14-6-5-12-3-2-4-13(12)9-14;1-3-7-20(2)11-13-9-18-19-16(13)14-6-4-5-12-8-17-10-15(12)14;1-3-6-20(2)10-13-9-18-19-14(13)12-7-16-15(17-8-12)11-4-5-11;1-6-7-18(4)9-12-8-15-16-14(12)13-10(2)17-19(5)11(13)3;1-3-7-16(2)9-10-8-14-15-12(10)11-5-4-6-13-11/h2,4-6,9-10H,3,7-8,11,17H2,1H3,(H,18,19);4-6,9-10H,3,7-8,11H2,1-2H3,(H,18,19);7-9,11H,3-6,10H2,1-2H3,(H,18,19);8H,6-7,9H2,1-5H3,(H,15,16);4-6,8,13H,3,7,9H2,1-2H3,(H,14,15). The molecule has 0 unspecified atom stereocenters. The molecule has 3 aliphatic rings. The summed E-state index contributed by atoms with van der Waals surface area (Å²) in [5.41, 5.74) is 30.3. The lowest BCUT2D eigenvalue weighted by Crippen LogP contribution is -2.25. The van der Waals surface area contributed by atoms with E-state index in [-0.39, 0.29) is 0 Å². The van der Waals surface area contributed by atoms with Gasteiger partial charge in [0.2, 0.25) is 0 Å². The Bertz CT molecular complexity index is 3960. The van der Waals surface area contributed by atoms with Crippen LogP contribution in [-0.4, -0.2) is 181 Å². The van der Waals surface area contributed by atoms with Crippen molar-refractivity contribution in [3.05, 3.63) is 171 Å². The second-order valence-electron chi connectivity index (χ2n) is 25.6. The van der Waals surface area contributed by atoms with E-state index in [1.165, 1.54) is 91.7 Å². The van der Waals surface area contributed by atoms with E-state index >= 15 is 0 Å². The van der Waals surface area contributed by atoms with Gasteiger partial charge in [-0.2, -0.15) is 30.6 Å². The second-order valence-corrected chi connectivity index (χ2v) is 25.6. The highest BCUT2D eigenvalue weighted by molar-refractivity contribution is 5.93. The molecular weight excluding hydrogens is 1180 g/mol. The Hall–Kier alpha value is -8.77. The Balaban J connectivity index is 0.000000140. The van der Waals surface area contributed by atoms with Crippen molar-refractivity contribution in [3.63, 3.8) is 0 Å². The van der Waals surface area contributed by atoms with Gasteiger partial charge in [-0.15, -0.1) is 0 Å². The predicted octanol–water partition coefficient (Wildman–Crippen LogP) is 12.0. The van der Waals surface area contributed by atoms with Crippen LogP contribution < -0.4 is 5.73 Å². The zero-order valence-electron chi connectivity index (χ0n) is 58.3. The maximum Gasteiger partial charge on any atom is 0.131 e. The van der Waals surface area contributed by atoms with Gasteiger partial charge in [-0.3, -0.25) is 35.2 Å². The molecule has 0 radical (unpaired) electrons. The van der Waals surface area contributed by atoms with Crippen molar-refractivity contribution in [2.75, 3.05) is 74.5 Å². The maximum absolute atomic E-state index is 5.60. The van der Waals surface area contributed by atoms with Gasteiger partial charge in [0.25, 0.3) is 0 Å². The summed E-state index contributed by atoms with van der Waals surface area (Å²) in [6.07, 6.45) is 29.9. The maximum atomic E-state index is 5.60. The van der Waals surface area contributed by atoms with E-state index in [0.29, 0.717) is 12.5 Å². The van der Waals surface area contributed by atoms with Crippen molar-refractivity contribution in [1.29, 1.82) is 0 Å². The third-order valence-electron chi connectivity index (χ3n) is 17.3. The van der Waals surface area contributed by atoms with Crippen LogP contribution in [-0.2, 0) is 52.7 Å². The van der Waals surface area contributed by atoms with Gasteiger partial charge in [-0.05, 0) is 155 Å². The molecule has 22 heteroatoms. The predicted molar refractivity (Wildman–Crippen MR) is 384 cm³/mol. The highest BCUT2D eigenvalue weighted by Gasteiger charge is 2.27. The van der Waals surface area contributed by atoms with Crippen molar-refractivity contribution < 1.29 is 0 Å². The first-order chi connectivity index (χ1) is 46.2. The SMILES string of the molecule is CCCN(C)Cc1cn[nH]c1-c1c(C)nn(C)c1C.CCCN(C)Cc1cn[nH]c1-c1ccc[nH]1.CCCN(C)Cc1cn[nH]c1-c1cccc2c1C=NC2.CCCN(C)Cc1cn[nH]c1-c1cnc(C2CC2)nc1.CN(CCN)Cc1cn[nH]c1-c1ccc2c(c1)C=CC2. The van der Waals surface area contributed by atoms with E-state index < -0.39 is 0 Å². The molecule has 13 rings (SSSR count). The Kier molecular flexibility index (Phi) is 26.1. The van der Waals surface area contributed by atoms with Gasteiger partial charge in [0.05, 0.1) is 77.4 Å². The van der Waals surface area contributed by atoms with E-state index in [4.69, 9.17) is 5.73 Å². The molecule has 0 bridgehead atoms. The molecule has 0 saturated heterocycles. The molecule has 22 nitrogen and oxygen atoms in total. The molecular formula is C73H102N22. The number of likely N-dealkylation sites (N-methyl/N-ethyl adjacent to an activating group) is 1. The highest BCUT2D eigenvalue weighted by Crippen LogP contribution is 2.38. The van der Waals surface area contributed by atoms with Crippen molar-refractivity contribution in [1.82, 2.24) is 100 Å². The van der Waals surface area contributed by atoms with Crippen LogP contribution >= 0.6 is 0 Å². The lowest BCUT2D eigenvalue weighted by atomic mass is 9.99. The second kappa shape index (κ2) is 35.1. The van der Waals surface area contributed by atoms with Gasteiger partial charge in [0.15, 0.2) is 0 Å². The number of hydrogen-bond acceptors (Lipinski definition) is 15. The van der Waals surface area contributed by atoms with Crippen LogP contribution in [0.25, 0.3) is 62.5 Å². The van der Waals surface area contributed by atoms with Gasteiger partial charge in [0, 0.05) is 145 Å². The number of benzene rings is 2. The molecule has 2 aromatic carbocycles. The van der Waals surface area contributed by atoms with Crippen molar-refractivity contribution >= 4 is 12.3 Å². The molecule has 95 heavy (non-hydrogen) atoms. The number of aryl methyl sites for hydroxylation is 2. The average Bonchev–Trinajstić information content (AvgIpc) is 1.72. The largest absolute Gasteiger partial charge is 0.360 e. The van der Waals surface area contributed by atoms with Crippen molar-refractivity contribution in [3.8, 4) is 56.4 Å². The number of allylic oxidation sites excluding steroid dienone is 1. The van der Waals surface area contributed by atoms with Gasteiger partial charge >= 0.3 is 0 Å².